The van der Waals surface area contributed by atoms with Gasteiger partial charge in [0.15, 0.2) is 4.34 Å². The third-order valence-corrected chi connectivity index (χ3v) is 4.96. The summed E-state index contributed by atoms with van der Waals surface area (Å²) in [5, 5.41) is 11.9. The highest BCUT2D eigenvalue weighted by Crippen LogP contribution is 2.30. The van der Waals surface area contributed by atoms with Crippen LogP contribution in [0.15, 0.2) is 41.0 Å². The molecule has 0 atom stereocenters. The van der Waals surface area contributed by atoms with E-state index in [1.807, 2.05) is 31.2 Å². The molecule has 5 nitrogen and oxygen atoms in total. The summed E-state index contributed by atoms with van der Waals surface area (Å²) >= 11 is 2.70. The maximum atomic E-state index is 12.7. The molecule has 0 aliphatic heterocycles. The molecule has 1 N–H and O–H groups in total. The van der Waals surface area contributed by atoms with Gasteiger partial charge in [-0.15, -0.1) is 10.2 Å². The zero-order valence-electron chi connectivity index (χ0n) is 12.1. The minimum Gasteiger partial charge on any atom is -0.330 e. The Hall–Kier alpha value is -2.00. The molecule has 0 saturated heterocycles. The summed E-state index contributed by atoms with van der Waals surface area (Å²) in [6.07, 6.45) is 2.64. The number of rotatable bonds is 6. The van der Waals surface area contributed by atoms with Crippen LogP contribution in [0, 0.1) is 6.92 Å². The number of nitrogens with zero attached hydrogens (tertiary/aromatic N) is 4. The largest absolute Gasteiger partial charge is 0.330 e. The summed E-state index contributed by atoms with van der Waals surface area (Å²) in [6.45, 7) is -0.562. The van der Waals surface area contributed by atoms with Crippen LogP contribution in [0.2, 0.25) is 0 Å². The monoisotopic (exact) mass is 353 g/mol. The Kier molecular flexibility index (Phi) is 4.87. The molecule has 0 saturated carbocycles. The lowest BCUT2D eigenvalue weighted by atomic mass is 10.2. The lowest BCUT2D eigenvalue weighted by Crippen LogP contribution is -2.01. The van der Waals surface area contributed by atoms with Crippen molar-refractivity contribution in [3.8, 4) is 0 Å². The Morgan fingerprint density at radius 2 is 2.04 bits per heavy atom. The minimum atomic E-state index is -2.58. The fraction of sp³-hybridized carbons (Fsp3) is 0.214. The Balaban J connectivity index is 1.61. The van der Waals surface area contributed by atoms with Gasteiger partial charge in [-0.1, -0.05) is 40.8 Å². The Morgan fingerprint density at radius 3 is 2.78 bits per heavy atom. The maximum Gasteiger partial charge on any atom is 0.319 e. The number of imidazole rings is 1. The van der Waals surface area contributed by atoms with Crippen molar-refractivity contribution in [2.75, 3.05) is 5.32 Å². The molecule has 0 amide bonds. The topological polar surface area (TPSA) is 55.6 Å². The first-order chi connectivity index (χ1) is 11.1. The molecule has 1 aromatic carbocycles. The molecule has 0 unspecified atom stereocenters. The average Bonchev–Trinajstić information content (AvgIpc) is 3.16. The van der Waals surface area contributed by atoms with Crippen molar-refractivity contribution in [1.82, 2.24) is 19.7 Å². The van der Waals surface area contributed by atoms with E-state index in [4.69, 9.17) is 0 Å². The van der Waals surface area contributed by atoms with Gasteiger partial charge >= 0.3 is 6.55 Å². The molecule has 0 spiro atoms. The summed E-state index contributed by atoms with van der Waals surface area (Å²) in [6, 6.07) is 7.93. The van der Waals surface area contributed by atoms with Crippen molar-refractivity contribution in [1.29, 1.82) is 0 Å². The fourth-order valence-electron chi connectivity index (χ4n) is 1.84. The summed E-state index contributed by atoms with van der Waals surface area (Å²) in [5.74, 6) is 0.629. The second-order valence-corrected chi connectivity index (χ2v) is 6.88. The highest BCUT2D eigenvalue weighted by molar-refractivity contribution is 8.00. The van der Waals surface area contributed by atoms with Crippen LogP contribution in [-0.2, 0) is 5.75 Å². The molecule has 23 heavy (non-hydrogen) atoms. The zero-order chi connectivity index (χ0) is 16.2. The molecule has 0 aliphatic rings. The summed E-state index contributed by atoms with van der Waals surface area (Å²) in [4.78, 5) is 3.94. The lowest BCUT2D eigenvalue weighted by molar-refractivity contribution is 0.0678. The summed E-state index contributed by atoms with van der Waals surface area (Å²) in [7, 11) is 0. The fourth-order valence-corrected chi connectivity index (χ4v) is 3.56. The molecule has 2 aromatic heterocycles. The van der Waals surface area contributed by atoms with E-state index in [1.165, 1.54) is 41.1 Å². The molecule has 0 radical (unpaired) electrons. The molecule has 0 bridgehead atoms. The first-order valence-electron chi connectivity index (χ1n) is 6.71. The van der Waals surface area contributed by atoms with Crippen molar-refractivity contribution in [3.05, 3.63) is 48.0 Å². The van der Waals surface area contributed by atoms with E-state index in [2.05, 4.69) is 20.5 Å². The van der Waals surface area contributed by atoms with Crippen LogP contribution in [0.1, 0.15) is 17.9 Å². The van der Waals surface area contributed by atoms with Gasteiger partial charge in [0.1, 0.15) is 5.82 Å². The van der Waals surface area contributed by atoms with Gasteiger partial charge in [0.05, 0.1) is 5.75 Å². The number of thioether (sulfide) groups is 1. The van der Waals surface area contributed by atoms with E-state index in [0.29, 0.717) is 21.0 Å². The predicted octanol–water partition coefficient (Wildman–Crippen LogP) is 4.47. The first-order valence-corrected chi connectivity index (χ1v) is 8.52. The number of halogens is 2. The standard InChI is InChI=1S/C14H13F2N5S2/c1-9-2-4-10(5-3-9)18-13-19-20-14(23-13)22-8-11-17-6-7-21(11)12(15)16/h2-7,12H,8H2,1H3,(H,18,19). The Morgan fingerprint density at radius 1 is 1.26 bits per heavy atom. The Labute approximate surface area is 139 Å². The van der Waals surface area contributed by atoms with Gasteiger partial charge in [0.25, 0.3) is 0 Å². The summed E-state index contributed by atoms with van der Waals surface area (Å²) < 4.78 is 27.0. The molecular formula is C14H13F2N5S2. The van der Waals surface area contributed by atoms with E-state index in [1.54, 1.807) is 0 Å². The number of alkyl halides is 2. The van der Waals surface area contributed by atoms with Gasteiger partial charge in [-0.05, 0) is 19.1 Å². The maximum absolute atomic E-state index is 12.7. The third-order valence-electron chi connectivity index (χ3n) is 2.99. The van der Waals surface area contributed by atoms with Crippen LogP contribution >= 0.6 is 23.1 Å². The number of benzene rings is 1. The number of hydrogen-bond acceptors (Lipinski definition) is 6. The van der Waals surface area contributed by atoms with Crippen LogP contribution in [0.5, 0.6) is 0 Å². The predicted molar refractivity (Wildman–Crippen MR) is 87.4 cm³/mol. The van der Waals surface area contributed by atoms with Crippen LogP contribution in [-0.4, -0.2) is 19.7 Å². The number of hydrogen-bond donors (Lipinski definition) is 1. The average molecular weight is 353 g/mol. The van der Waals surface area contributed by atoms with Crippen molar-refractivity contribution < 1.29 is 8.78 Å². The van der Waals surface area contributed by atoms with E-state index in [9.17, 15) is 8.78 Å². The van der Waals surface area contributed by atoms with Gasteiger partial charge in [-0.3, -0.25) is 4.57 Å². The lowest BCUT2D eigenvalue weighted by Gasteiger charge is -2.04. The SMILES string of the molecule is Cc1ccc(Nc2nnc(SCc3nccn3C(F)F)s2)cc1. The van der Waals surface area contributed by atoms with Crippen molar-refractivity contribution in [2.24, 2.45) is 0 Å². The summed E-state index contributed by atoms with van der Waals surface area (Å²) in [5.41, 5.74) is 2.11. The van der Waals surface area contributed by atoms with Crippen molar-refractivity contribution in [3.63, 3.8) is 0 Å². The molecule has 3 rings (SSSR count). The smallest absolute Gasteiger partial charge is 0.319 e. The van der Waals surface area contributed by atoms with Crippen LogP contribution in [0.25, 0.3) is 0 Å². The third kappa shape index (κ3) is 4.05. The molecule has 0 aliphatic carbocycles. The number of aromatic nitrogens is 4. The van der Waals surface area contributed by atoms with E-state index in [-0.39, 0.29) is 0 Å². The molecule has 0 fully saturated rings. The zero-order valence-corrected chi connectivity index (χ0v) is 13.7. The second kappa shape index (κ2) is 7.05. The number of nitrogens with one attached hydrogen (secondary N) is 1. The molecule has 9 heteroatoms. The van der Waals surface area contributed by atoms with E-state index >= 15 is 0 Å². The van der Waals surface area contributed by atoms with Gasteiger partial charge in [-0.2, -0.15) is 8.78 Å². The van der Waals surface area contributed by atoms with E-state index < -0.39 is 6.55 Å². The van der Waals surface area contributed by atoms with Crippen molar-refractivity contribution in [2.45, 2.75) is 23.6 Å². The second-order valence-electron chi connectivity index (χ2n) is 4.68. The van der Waals surface area contributed by atoms with Gasteiger partial charge in [0, 0.05) is 18.1 Å². The Bertz CT molecular complexity index is 770. The number of anilines is 2. The van der Waals surface area contributed by atoms with E-state index in [0.717, 1.165) is 10.3 Å². The van der Waals surface area contributed by atoms with Crippen LogP contribution in [0.4, 0.5) is 19.6 Å². The molecule has 2 heterocycles. The van der Waals surface area contributed by atoms with Gasteiger partial charge < -0.3 is 5.32 Å². The normalized spacial score (nSPS) is 11.1. The molecule has 120 valence electrons. The highest BCUT2D eigenvalue weighted by atomic mass is 32.2. The number of aryl methyl sites for hydroxylation is 1. The van der Waals surface area contributed by atoms with Crippen molar-refractivity contribution >= 4 is 33.9 Å². The minimum absolute atomic E-state index is 0.313. The first kappa shape index (κ1) is 15.9. The highest BCUT2D eigenvalue weighted by Gasteiger charge is 2.13. The molecular weight excluding hydrogens is 340 g/mol. The quantitative estimate of drug-likeness (QED) is 0.663. The van der Waals surface area contributed by atoms with Crippen LogP contribution < -0.4 is 5.32 Å². The van der Waals surface area contributed by atoms with Gasteiger partial charge in [0.2, 0.25) is 5.13 Å². The van der Waals surface area contributed by atoms with Crippen LogP contribution in [0.3, 0.4) is 0 Å². The van der Waals surface area contributed by atoms with Gasteiger partial charge in [-0.25, -0.2) is 4.98 Å². The molecule has 3 aromatic rings.